The van der Waals surface area contributed by atoms with Gasteiger partial charge < -0.3 is 14.8 Å². The molecule has 2 aromatic rings. The first kappa shape index (κ1) is 19.7. The van der Waals surface area contributed by atoms with Gasteiger partial charge in [-0.05, 0) is 54.8 Å². The van der Waals surface area contributed by atoms with E-state index in [1.54, 1.807) is 37.3 Å². The van der Waals surface area contributed by atoms with Crippen molar-refractivity contribution in [3.8, 4) is 5.75 Å². The van der Waals surface area contributed by atoms with Gasteiger partial charge in [-0.25, -0.2) is 9.18 Å². The lowest BCUT2D eigenvalue weighted by Crippen LogP contribution is -2.29. The van der Waals surface area contributed by atoms with Crippen LogP contribution in [0.2, 0.25) is 5.02 Å². The van der Waals surface area contributed by atoms with Crippen LogP contribution < -0.4 is 10.1 Å². The van der Waals surface area contributed by atoms with Crippen molar-refractivity contribution in [2.45, 2.75) is 20.4 Å². The maximum atomic E-state index is 13.4. The Hall–Kier alpha value is -2.60. The molecule has 1 N–H and O–H groups in total. The fraction of sp³-hybridized carbons (Fsp3) is 0.263. The van der Waals surface area contributed by atoms with Gasteiger partial charge in [0.05, 0.1) is 0 Å². The van der Waals surface area contributed by atoms with E-state index in [0.29, 0.717) is 21.9 Å². The number of ether oxygens (including phenoxy) is 2. The summed E-state index contributed by atoms with van der Waals surface area (Å²) in [6, 6.07) is 9.70. The largest absolute Gasteiger partial charge is 0.482 e. The molecule has 138 valence electrons. The topological polar surface area (TPSA) is 64.6 Å². The smallest absolute Gasteiger partial charge is 0.344 e. The highest BCUT2D eigenvalue weighted by Crippen LogP contribution is 2.20. The maximum Gasteiger partial charge on any atom is 0.344 e. The fourth-order valence-electron chi connectivity index (χ4n) is 2.03. The molecule has 2 aromatic carbocycles. The molecule has 1 amide bonds. The molecule has 0 aliphatic carbocycles. The van der Waals surface area contributed by atoms with Gasteiger partial charge in [0.2, 0.25) is 0 Å². The summed E-state index contributed by atoms with van der Waals surface area (Å²) in [6.45, 7) is 2.87. The Morgan fingerprint density at radius 1 is 1.08 bits per heavy atom. The number of esters is 1. The highest BCUT2D eigenvalue weighted by molar-refractivity contribution is 6.31. The van der Waals surface area contributed by atoms with Gasteiger partial charge in [-0.2, -0.15) is 0 Å². The van der Waals surface area contributed by atoms with Gasteiger partial charge in [-0.1, -0.05) is 23.7 Å². The van der Waals surface area contributed by atoms with E-state index in [9.17, 15) is 14.0 Å². The quantitative estimate of drug-likeness (QED) is 0.749. The van der Waals surface area contributed by atoms with E-state index in [1.165, 1.54) is 6.07 Å². The van der Waals surface area contributed by atoms with Crippen LogP contribution in [-0.2, 0) is 20.9 Å². The number of hydrogen-bond acceptors (Lipinski definition) is 4. The summed E-state index contributed by atoms with van der Waals surface area (Å²) in [4.78, 5) is 23.3. The molecule has 0 bridgehead atoms. The summed E-state index contributed by atoms with van der Waals surface area (Å²) in [7, 11) is 0. The maximum absolute atomic E-state index is 13.4. The van der Waals surface area contributed by atoms with E-state index < -0.39 is 18.5 Å². The zero-order chi connectivity index (χ0) is 19.1. The summed E-state index contributed by atoms with van der Waals surface area (Å²) in [5.41, 5.74) is 1.98. The van der Waals surface area contributed by atoms with Crippen LogP contribution in [0.5, 0.6) is 5.75 Å². The van der Waals surface area contributed by atoms with E-state index >= 15 is 0 Å². The fourth-order valence-corrected chi connectivity index (χ4v) is 2.15. The van der Waals surface area contributed by atoms with E-state index in [2.05, 4.69) is 5.32 Å². The van der Waals surface area contributed by atoms with Crippen molar-refractivity contribution in [3.63, 3.8) is 0 Å². The number of hydrogen-bond donors (Lipinski definition) is 1. The molecule has 0 aliphatic heterocycles. The minimum atomic E-state index is -0.672. The van der Waals surface area contributed by atoms with Crippen molar-refractivity contribution in [1.82, 2.24) is 5.32 Å². The van der Waals surface area contributed by atoms with Crippen LogP contribution in [-0.4, -0.2) is 25.1 Å². The minimum Gasteiger partial charge on any atom is -0.482 e. The average Bonchev–Trinajstić information content (AvgIpc) is 2.62. The molecule has 0 fully saturated rings. The lowest BCUT2D eigenvalue weighted by Gasteiger charge is -2.09. The van der Waals surface area contributed by atoms with Crippen molar-refractivity contribution in [3.05, 3.63) is 63.9 Å². The van der Waals surface area contributed by atoms with Crippen molar-refractivity contribution in [1.29, 1.82) is 0 Å². The monoisotopic (exact) mass is 379 g/mol. The second-order valence-electron chi connectivity index (χ2n) is 5.72. The summed E-state index contributed by atoms with van der Waals surface area (Å²) in [5.74, 6) is -1.01. The number of rotatable bonds is 7. The summed E-state index contributed by atoms with van der Waals surface area (Å²) in [6.07, 6.45) is 0. The Labute approximate surface area is 156 Å². The minimum absolute atomic E-state index is 0.147. The number of carbonyl (C=O) groups is 2. The molecule has 0 radical (unpaired) electrons. The SMILES string of the molecule is Cc1ccc(CNC(=O)COC(=O)COc2ccc(Cl)c(C)c2)cc1F. The third kappa shape index (κ3) is 6.04. The van der Waals surface area contributed by atoms with Crippen LogP contribution in [0.4, 0.5) is 4.39 Å². The number of benzene rings is 2. The van der Waals surface area contributed by atoms with Crippen molar-refractivity contribution < 1.29 is 23.5 Å². The predicted molar refractivity (Wildman–Crippen MR) is 95.6 cm³/mol. The van der Waals surface area contributed by atoms with E-state index in [0.717, 1.165) is 5.56 Å². The first-order chi connectivity index (χ1) is 12.3. The van der Waals surface area contributed by atoms with Crippen LogP contribution in [0, 0.1) is 19.7 Å². The molecule has 0 atom stereocenters. The van der Waals surface area contributed by atoms with Gasteiger partial charge in [0, 0.05) is 11.6 Å². The van der Waals surface area contributed by atoms with Crippen molar-refractivity contribution in [2.24, 2.45) is 0 Å². The molecule has 0 aromatic heterocycles. The van der Waals surface area contributed by atoms with E-state index in [1.807, 2.05) is 6.92 Å². The molecule has 26 heavy (non-hydrogen) atoms. The third-order valence-corrected chi connectivity index (χ3v) is 4.00. The van der Waals surface area contributed by atoms with E-state index in [4.69, 9.17) is 21.1 Å². The molecule has 2 rings (SSSR count). The highest BCUT2D eigenvalue weighted by atomic mass is 35.5. The molecule has 7 heteroatoms. The standard InChI is InChI=1S/C19H19ClFNO4/c1-12-3-4-14(8-17(12)21)9-22-18(23)10-26-19(24)11-25-15-5-6-16(20)13(2)7-15/h3-8H,9-11H2,1-2H3,(H,22,23). The van der Waals surface area contributed by atoms with Gasteiger partial charge in [0.1, 0.15) is 11.6 Å². The molecule has 0 heterocycles. The second-order valence-corrected chi connectivity index (χ2v) is 6.13. The van der Waals surface area contributed by atoms with Gasteiger partial charge in [-0.15, -0.1) is 0 Å². The Bertz CT molecular complexity index is 743. The van der Waals surface area contributed by atoms with Gasteiger partial charge in [-0.3, -0.25) is 4.79 Å². The normalized spacial score (nSPS) is 10.3. The Morgan fingerprint density at radius 2 is 1.85 bits per heavy atom. The van der Waals surface area contributed by atoms with E-state index in [-0.39, 0.29) is 19.0 Å². The molecule has 5 nitrogen and oxygen atoms in total. The van der Waals surface area contributed by atoms with Gasteiger partial charge in [0.15, 0.2) is 13.2 Å². The second kappa shape index (κ2) is 9.20. The number of carbonyl (C=O) groups excluding carboxylic acids is 2. The third-order valence-electron chi connectivity index (χ3n) is 3.58. The van der Waals surface area contributed by atoms with Crippen LogP contribution in [0.3, 0.4) is 0 Å². The summed E-state index contributed by atoms with van der Waals surface area (Å²) < 4.78 is 23.5. The van der Waals surface area contributed by atoms with Crippen LogP contribution >= 0.6 is 11.6 Å². The van der Waals surface area contributed by atoms with Crippen LogP contribution in [0.25, 0.3) is 0 Å². The zero-order valence-corrected chi connectivity index (χ0v) is 15.2. The van der Waals surface area contributed by atoms with Gasteiger partial charge in [0.25, 0.3) is 5.91 Å². The Morgan fingerprint density at radius 3 is 2.54 bits per heavy atom. The molecule has 0 aliphatic rings. The number of halogens is 2. The zero-order valence-electron chi connectivity index (χ0n) is 14.5. The van der Waals surface area contributed by atoms with Gasteiger partial charge >= 0.3 is 5.97 Å². The number of aryl methyl sites for hydroxylation is 2. The first-order valence-electron chi connectivity index (χ1n) is 7.91. The lowest BCUT2D eigenvalue weighted by atomic mass is 10.1. The summed E-state index contributed by atoms with van der Waals surface area (Å²) in [5, 5.41) is 3.15. The van der Waals surface area contributed by atoms with Crippen molar-refractivity contribution >= 4 is 23.5 Å². The Balaban J connectivity index is 1.70. The predicted octanol–water partition coefficient (Wildman–Crippen LogP) is 3.33. The number of nitrogens with one attached hydrogen (secondary N) is 1. The first-order valence-corrected chi connectivity index (χ1v) is 8.29. The van der Waals surface area contributed by atoms with Crippen LogP contribution in [0.15, 0.2) is 36.4 Å². The molecule has 0 unspecified atom stereocenters. The summed E-state index contributed by atoms with van der Waals surface area (Å²) >= 11 is 5.91. The molecule has 0 saturated heterocycles. The highest BCUT2D eigenvalue weighted by Gasteiger charge is 2.09. The molecule has 0 saturated carbocycles. The number of amides is 1. The molecule has 0 spiro atoms. The lowest BCUT2D eigenvalue weighted by molar-refractivity contribution is -0.150. The van der Waals surface area contributed by atoms with Crippen LogP contribution in [0.1, 0.15) is 16.7 Å². The van der Waals surface area contributed by atoms with Crippen molar-refractivity contribution in [2.75, 3.05) is 13.2 Å². The average molecular weight is 380 g/mol. The Kier molecular flexibility index (Phi) is 6.97. The molecular formula is C19H19ClFNO4. The molecular weight excluding hydrogens is 361 g/mol.